The van der Waals surface area contributed by atoms with E-state index in [2.05, 4.69) is 20.7 Å². The summed E-state index contributed by atoms with van der Waals surface area (Å²) in [7, 11) is 1.16. The quantitative estimate of drug-likeness (QED) is 0.346. The number of carbonyl (C=O) groups excluding carboxylic acids is 1. The number of aliphatic hydroxyl groups excluding tert-OH is 2. The maximum absolute atomic E-state index is 11.7. The standard InChI is InChI=1S/C13H16BrNO6/c1-7-9(12(17)11(16)3-4-14)5-8(15(19)20)6-10(7)13(18)21-2/h5-6,11-12,16-17H,3-4H2,1-2H3. The van der Waals surface area contributed by atoms with E-state index in [1.807, 2.05) is 0 Å². The number of methoxy groups -OCH3 is 1. The van der Waals surface area contributed by atoms with E-state index < -0.39 is 23.1 Å². The number of ether oxygens (including phenoxy) is 1. The molecule has 0 bridgehead atoms. The summed E-state index contributed by atoms with van der Waals surface area (Å²) in [5.41, 5.74) is 0.125. The molecule has 116 valence electrons. The highest BCUT2D eigenvalue weighted by Gasteiger charge is 2.26. The van der Waals surface area contributed by atoms with E-state index in [-0.39, 0.29) is 23.2 Å². The Bertz CT molecular complexity index is 548. The van der Waals surface area contributed by atoms with Crippen molar-refractivity contribution in [3.63, 3.8) is 0 Å². The van der Waals surface area contributed by atoms with Gasteiger partial charge in [0.25, 0.3) is 5.69 Å². The summed E-state index contributed by atoms with van der Waals surface area (Å²) in [5, 5.41) is 31.4. The number of nitro groups is 1. The zero-order valence-corrected chi connectivity index (χ0v) is 13.2. The highest BCUT2D eigenvalue weighted by molar-refractivity contribution is 9.09. The molecule has 0 heterocycles. The largest absolute Gasteiger partial charge is 0.465 e. The Morgan fingerprint density at radius 3 is 2.57 bits per heavy atom. The number of hydrogen-bond acceptors (Lipinski definition) is 6. The van der Waals surface area contributed by atoms with Gasteiger partial charge in [0, 0.05) is 17.5 Å². The average Bonchev–Trinajstić information content (AvgIpc) is 2.45. The lowest BCUT2D eigenvalue weighted by atomic mass is 9.94. The summed E-state index contributed by atoms with van der Waals surface area (Å²) in [6.07, 6.45) is -2.17. The first-order valence-corrected chi connectivity index (χ1v) is 7.25. The number of hydrogen-bond donors (Lipinski definition) is 2. The molecule has 2 atom stereocenters. The predicted octanol–water partition coefficient (Wildman–Crippen LogP) is 1.87. The van der Waals surface area contributed by atoms with Crippen molar-refractivity contribution in [3.05, 3.63) is 38.9 Å². The predicted molar refractivity (Wildman–Crippen MR) is 78.6 cm³/mol. The number of alkyl halides is 1. The maximum atomic E-state index is 11.7. The monoisotopic (exact) mass is 361 g/mol. The fourth-order valence-electron chi connectivity index (χ4n) is 1.93. The van der Waals surface area contributed by atoms with Crippen molar-refractivity contribution >= 4 is 27.6 Å². The van der Waals surface area contributed by atoms with Gasteiger partial charge in [-0.05, 0) is 24.5 Å². The van der Waals surface area contributed by atoms with Crippen molar-refractivity contribution in [2.45, 2.75) is 25.6 Å². The van der Waals surface area contributed by atoms with Crippen LogP contribution in [0.25, 0.3) is 0 Å². The second-order valence-corrected chi connectivity index (χ2v) is 5.24. The van der Waals surface area contributed by atoms with Gasteiger partial charge in [-0.15, -0.1) is 0 Å². The lowest BCUT2D eigenvalue weighted by molar-refractivity contribution is -0.385. The Hall–Kier alpha value is -1.51. The molecule has 1 aromatic rings. The second kappa shape index (κ2) is 7.48. The van der Waals surface area contributed by atoms with E-state index in [1.165, 1.54) is 6.92 Å². The van der Waals surface area contributed by atoms with Gasteiger partial charge in [-0.3, -0.25) is 10.1 Å². The van der Waals surface area contributed by atoms with Gasteiger partial charge in [-0.1, -0.05) is 15.9 Å². The molecular formula is C13H16BrNO6. The molecule has 0 saturated heterocycles. The van der Waals surface area contributed by atoms with Crippen LogP contribution in [0.15, 0.2) is 12.1 Å². The molecule has 2 unspecified atom stereocenters. The fourth-order valence-corrected chi connectivity index (χ4v) is 2.40. The van der Waals surface area contributed by atoms with Gasteiger partial charge in [-0.2, -0.15) is 0 Å². The zero-order valence-electron chi connectivity index (χ0n) is 11.6. The van der Waals surface area contributed by atoms with Crippen LogP contribution in [0.5, 0.6) is 0 Å². The van der Waals surface area contributed by atoms with Crippen molar-refractivity contribution in [1.29, 1.82) is 0 Å². The Morgan fingerprint density at radius 2 is 2.10 bits per heavy atom. The molecular weight excluding hydrogens is 346 g/mol. The van der Waals surface area contributed by atoms with Gasteiger partial charge in [0.1, 0.15) is 6.10 Å². The van der Waals surface area contributed by atoms with E-state index in [0.29, 0.717) is 10.9 Å². The Morgan fingerprint density at radius 1 is 1.48 bits per heavy atom. The van der Waals surface area contributed by atoms with Crippen LogP contribution in [0.4, 0.5) is 5.69 Å². The van der Waals surface area contributed by atoms with Crippen LogP contribution in [-0.4, -0.2) is 39.6 Å². The molecule has 0 aliphatic carbocycles. The van der Waals surface area contributed by atoms with Crippen LogP contribution in [0.2, 0.25) is 0 Å². The van der Waals surface area contributed by atoms with Gasteiger partial charge in [0.15, 0.2) is 0 Å². The van der Waals surface area contributed by atoms with Gasteiger partial charge < -0.3 is 14.9 Å². The van der Waals surface area contributed by atoms with E-state index in [1.54, 1.807) is 0 Å². The van der Waals surface area contributed by atoms with E-state index in [0.717, 1.165) is 19.2 Å². The zero-order chi connectivity index (χ0) is 16.2. The Labute approximate surface area is 129 Å². The number of esters is 1. The summed E-state index contributed by atoms with van der Waals surface area (Å²) < 4.78 is 4.58. The molecule has 2 N–H and O–H groups in total. The molecule has 7 nitrogen and oxygen atoms in total. The highest BCUT2D eigenvalue weighted by atomic mass is 79.9. The number of nitrogens with zero attached hydrogens (tertiary/aromatic N) is 1. The Balaban J connectivity index is 3.39. The third-order valence-electron chi connectivity index (χ3n) is 3.14. The molecule has 0 saturated carbocycles. The summed E-state index contributed by atoms with van der Waals surface area (Å²) in [6.45, 7) is 1.54. The van der Waals surface area contributed by atoms with Crippen molar-refractivity contribution < 1.29 is 24.7 Å². The molecule has 0 amide bonds. The lowest BCUT2D eigenvalue weighted by Crippen LogP contribution is -2.21. The first kappa shape index (κ1) is 17.5. The van der Waals surface area contributed by atoms with Crippen LogP contribution >= 0.6 is 15.9 Å². The highest BCUT2D eigenvalue weighted by Crippen LogP contribution is 2.30. The Kier molecular flexibility index (Phi) is 6.25. The minimum atomic E-state index is -1.33. The summed E-state index contributed by atoms with van der Waals surface area (Å²) in [6, 6.07) is 2.25. The van der Waals surface area contributed by atoms with Crippen LogP contribution in [0.1, 0.15) is 34.0 Å². The van der Waals surface area contributed by atoms with Crippen LogP contribution in [0.3, 0.4) is 0 Å². The molecule has 0 spiro atoms. The maximum Gasteiger partial charge on any atom is 0.338 e. The molecule has 1 aromatic carbocycles. The van der Waals surface area contributed by atoms with E-state index in [4.69, 9.17) is 0 Å². The van der Waals surface area contributed by atoms with Crippen molar-refractivity contribution in [3.8, 4) is 0 Å². The van der Waals surface area contributed by atoms with Gasteiger partial charge in [-0.25, -0.2) is 4.79 Å². The fraction of sp³-hybridized carbons (Fsp3) is 0.462. The SMILES string of the molecule is COC(=O)c1cc([N+](=O)[O-])cc(C(O)C(O)CCBr)c1C. The number of non-ortho nitro benzene ring substituents is 1. The number of aliphatic hydroxyl groups is 2. The minimum Gasteiger partial charge on any atom is -0.465 e. The molecule has 0 radical (unpaired) electrons. The van der Waals surface area contributed by atoms with Crippen LogP contribution < -0.4 is 0 Å². The topological polar surface area (TPSA) is 110 Å². The summed E-state index contributed by atoms with van der Waals surface area (Å²) in [5.74, 6) is -0.736. The summed E-state index contributed by atoms with van der Waals surface area (Å²) >= 11 is 3.14. The van der Waals surface area contributed by atoms with Crippen molar-refractivity contribution in [2.24, 2.45) is 0 Å². The molecule has 8 heteroatoms. The number of carbonyl (C=O) groups is 1. The summed E-state index contributed by atoms with van der Waals surface area (Å²) in [4.78, 5) is 22.0. The number of rotatable bonds is 6. The molecule has 0 fully saturated rings. The van der Waals surface area contributed by atoms with E-state index >= 15 is 0 Å². The minimum absolute atomic E-state index is 0.00760. The van der Waals surface area contributed by atoms with Crippen LogP contribution in [0, 0.1) is 17.0 Å². The third-order valence-corrected chi connectivity index (χ3v) is 3.59. The molecule has 0 aromatic heterocycles. The molecule has 0 aliphatic heterocycles. The third kappa shape index (κ3) is 3.99. The van der Waals surface area contributed by atoms with Gasteiger partial charge in [0.2, 0.25) is 0 Å². The smallest absolute Gasteiger partial charge is 0.338 e. The normalized spacial score (nSPS) is 13.6. The number of nitro benzene ring substituents is 1. The molecule has 21 heavy (non-hydrogen) atoms. The first-order chi connectivity index (χ1) is 9.83. The van der Waals surface area contributed by atoms with Crippen molar-refractivity contribution in [2.75, 3.05) is 12.4 Å². The lowest BCUT2D eigenvalue weighted by Gasteiger charge is -2.20. The number of halogens is 1. The van der Waals surface area contributed by atoms with Gasteiger partial charge >= 0.3 is 5.97 Å². The van der Waals surface area contributed by atoms with Crippen LogP contribution in [-0.2, 0) is 4.74 Å². The van der Waals surface area contributed by atoms with Crippen molar-refractivity contribution in [1.82, 2.24) is 0 Å². The second-order valence-electron chi connectivity index (χ2n) is 4.45. The molecule has 1 rings (SSSR count). The van der Waals surface area contributed by atoms with Gasteiger partial charge in [0.05, 0.1) is 23.7 Å². The first-order valence-electron chi connectivity index (χ1n) is 6.12. The van der Waals surface area contributed by atoms with E-state index in [9.17, 15) is 25.1 Å². The average molecular weight is 362 g/mol. The number of benzene rings is 1. The molecule has 0 aliphatic rings.